The summed E-state index contributed by atoms with van der Waals surface area (Å²) < 4.78 is 12.5. The highest BCUT2D eigenvalue weighted by molar-refractivity contribution is 9.18. The van der Waals surface area contributed by atoms with Crippen molar-refractivity contribution in [3.63, 3.8) is 0 Å². The average molecular weight is 324 g/mol. The Balaban J connectivity index is -0.000000150. The van der Waals surface area contributed by atoms with Crippen molar-refractivity contribution in [1.82, 2.24) is 0 Å². The van der Waals surface area contributed by atoms with Crippen LogP contribution in [0.4, 0.5) is 9.59 Å². The van der Waals surface area contributed by atoms with Crippen LogP contribution >= 0.6 is 32.9 Å². The van der Waals surface area contributed by atoms with Crippen molar-refractivity contribution in [2.75, 3.05) is 20.8 Å². The molecule has 0 aliphatic heterocycles. The first-order valence-corrected chi connectivity index (χ1v) is 3.81. The lowest BCUT2D eigenvalue weighted by molar-refractivity contribution is 0.0771. The summed E-state index contributed by atoms with van der Waals surface area (Å²) in [5, 5.41) is 0. The van der Waals surface area contributed by atoms with E-state index >= 15 is 0 Å². The monoisotopic (exact) mass is 322 g/mol. The number of halogens is 2. The minimum absolute atomic E-state index is 0. The maximum Gasteiger partial charge on any atom is 0.507 e. The van der Waals surface area contributed by atoms with Crippen LogP contribution in [0, 0.1) is 0 Å². The molecular weight excluding hydrogens is 312 g/mol. The number of ether oxygens (including phenoxy) is 3. The predicted octanol–water partition coefficient (Wildman–Crippen LogP) is 2.51. The molecule has 0 saturated carbocycles. The zero-order chi connectivity index (χ0) is 9.98. The van der Waals surface area contributed by atoms with Gasteiger partial charge in [-0.2, -0.15) is 0 Å². The van der Waals surface area contributed by atoms with E-state index in [0.717, 1.165) is 0 Å². The molecule has 5 nitrogen and oxygen atoms in total. The number of carbonyl (C=O) groups is 2. The summed E-state index contributed by atoms with van der Waals surface area (Å²) in [6.07, 6.45) is -0.623. The summed E-state index contributed by atoms with van der Waals surface area (Å²) in [4.78, 5) is 19.0. The van der Waals surface area contributed by atoms with Gasteiger partial charge in [-0.3, -0.25) is 0 Å². The standard InChI is InChI=1S/C4H8O3.C2H3BrO2.BrH/c1-3-7-4(5)6-2;1-5-2(3)4;/h3H2,1-2H3;1H3;1H. The van der Waals surface area contributed by atoms with Gasteiger partial charge in [0.15, 0.2) is 0 Å². The van der Waals surface area contributed by atoms with Crippen LogP contribution in [0.1, 0.15) is 6.92 Å². The Morgan fingerprint density at radius 2 is 1.62 bits per heavy atom. The van der Waals surface area contributed by atoms with E-state index in [2.05, 4.69) is 30.1 Å². The van der Waals surface area contributed by atoms with Crippen molar-refractivity contribution < 1.29 is 23.8 Å². The largest absolute Gasteiger partial charge is 0.507 e. The van der Waals surface area contributed by atoms with E-state index in [1.165, 1.54) is 14.2 Å². The molecule has 0 unspecified atom stereocenters. The van der Waals surface area contributed by atoms with Gasteiger partial charge in [0.05, 0.1) is 20.8 Å². The number of hydrogen-bond acceptors (Lipinski definition) is 5. The normalized spacial score (nSPS) is 6.77. The predicted molar refractivity (Wildman–Crippen MR) is 55.7 cm³/mol. The second kappa shape index (κ2) is 14.2. The fourth-order valence-corrected chi connectivity index (χ4v) is 0.177. The van der Waals surface area contributed by atoms with Crippen LogP contribution in [0.25, 0.3) is 0 Å². The molecule has 0 spiro atoms. The summed E-state index contributed by atoms with van der Waals surface area (Å²) in [7, 11) is 2.58. The molecule has 0 aromatic rings. The zero-order valence-corrected chi connectivity index (χ0v) is 10.8. The van der Waals surface area contributed by atoms with E-state index in [0.29, 0.717) is 6.61 Å². The van der Waals surface area contributed by atoms with E-state index in [4.69, 9.17) is 0 Å². The summed E-state index contributed by atoms with van der Waals surface area (Å²) >= 11 is 2.51. The molecule has 0 rings (SSSR count). The molecule has 0 saturated heterocycles. The zero-order valence-electron chi connectivity index (χ0n) is 7.53. The molecule has 0 aromatic heterocycles. The van der Waals surface area contributed by atoms with Gasteiger partial charge < -0.3 is 14.2 Å². The fraction of sp³-hybridized carbons (Fsp3) is 0.667. The van der Waals surface area contributed by atoms with Crippen LogP contribution in [-0.2, 0) is 14.2 Å². The van der Waals surface area contributed by atoms with Crippen LogP contribution in [0.5, 0.6) is 0 Å². The van der Waals surface area contributed by atoms with Crippen molar-refractivity contribution in [2.45, 2.75) is 6.92 Å². The average Bonchev–Trinajstić information content (AvgIpc) is 2.06. The van der Waals surface area contributed by atoms with Gasteiger partial charge in [-0.15, -0.1) is 17.0 Å². The maximum absolute atomic E-state index is 9.97. The van der Waals surface area contributed by atoms with Gasteiger partial charge in [0, 0.05) is 15.9 Å². The Kier molecular flexibility index (Phi) is 20.2. The molecule has 0 aliphatic carbocycles. The van der Waals surface area contributed by atoms with E-state index in [-0.39, 0.29) is 17.0 Å². The highest BCUT2D eigenvalue weighted by Gasteiger charge is 1.92. The molecule has 13 heavy (non-hydrogen) atoms. The van der Waals surface area contributed by atoms with Gasteiger partial charge >= 0.3 is 11.0 Å². The molecular formula is C6H12Br2O5. The van der Waals surface area contributed by atoms with Crippen molar-refractivity contribution in [1.29, 1.82) is 0 Å². The third-order valence-corrected chi connectivity index (χ3v) is 0.913. The van der Waals surface area contributed by atoms with Gasteiger partial charge in [0.25, 0.3) is 0 Å². The number of methoxy groups -OCH3 is 2. The minimum Gasteiger partial charge on any atom is -0.461 e. The molecule has 0 aliphatic rings. The summed E-state index contributed by atoms with van der Waals surface area (Å²) in [6.45, 7) is 2.09. The SMILES string of the molecule is Br.CCOC(=O)OC.COC(=O)Br. The van der Waals surface area contributed by atoms with Gasteiger partial charge in [-0.05, 0) is 6.92 Å². The number of carbonyl (C=O) groups excluding carboxylic acids is 2. The first-order chi connectivity index (χ1) is 5.58. The molecule has 0 N–H and O–H groups in total. The van der Waals surface area contributed by atoms with Gasteiger partial charge in [0.1, 0.15) is 0 Å². The molecule has 0 bridgehead atoms. The summed E-state index contributed by atoms with van der Waals surface area (Å²) in [5.41, 5.74) is 0. The molecule has 0 heterocycles. The molecule has 0 amide bonds. The van der Waals surface area contributed by atoms with Crippen molar-refractivity contribution in [2.24, 2.45) is 0 Å². The van der Waals surface area contributed by atoms with E-state index in [9.17, 15) is 9.59 Å². The topological polar surface area (TPSA) is 61.8 Å². The van der Waals surface area contributed by atoms with Crippen LogP contribution in [0.3, 0.4) is 0 Å². The quantitative estimate of drug-likeness (QED) is 0.548. The van der Waals surface area contributed by atoms with Crippen molar-refractivity contribution >= 4 is 43.9 Å². The second-order valence-electron chi connectivity index (χ2n) is 1.33. The molecule has 0 aromatic carbocycles. The Morgan fingerprint density at radius 3 is 1.69 bits per heavy atom. The van der Waals surface area contributed by atoms with E-state index < -0.39 is 11.0 Å². The fourth-order valence-electron chi connectivity index (χ4n) is 0.177. The van der Waals surface area contributed by atoms with Crippen LogP contribution < -0.4 is 0 Å². The Morgan fingerprint density at radius 1 is 1.23 bits per heavy atom. The summed E-state index contributed by atoms with van der Waals surface area (Å²) in [6, 6.07) is 0. The molecule has 0 radical (unpaired) electrons. The molecule has 7 heteroatoms. The highest BCUT2D eigenvalue weighted by Crippen LogP contribution is 1.83. The van der Waals surface area contributed by atoms with Crippen molar-refractivity contribution in [3.8, 4) is 0 Å². The van der Waals surface area contributed by atoms with E-state index in [1.54, 1.807) is 6.92 Å². The molecule has 80 valence electrons. The molecule has 0 fully saturated rings. The number of hydrogen-bond donors (Lipinski definition) is 0. The molecule has 0 atom stereocenters. The Bertz CT molecular complexity index is 139. The Labute approximate surface area is 95.6 Å². The van der Waals surface area contributed by atoms with Gasteiger partial charge in [-0.25, -0.2) is 9.59 Å². The first-order valence-electron chi connectivity index (χ1n) is 3.02. The third-order valence-electron chi connectivity index (χ3n) is 0.589. The lowest BCUT2D eigenvalue weighted by atomic mass is 10.9. The van der Waals surface area contributed by atoms with Gasteiger partial charge in [-0.1, -0.05) is 0 Å². The second-order valence-corrected chi connectivity index (χ2v) is 1.98. The third kappa shape index (κ3) is 24.5. The van der Waals surface area contributed by atoms with Crippen LogP contribution in [0.15, 0.2) is 0 Å². The maximum atomic E-state index is 9.97. The van der Waals surface area contributed by atoms with Crippen molar-refractivity contribution in [3.05, 3.63) is 0 Å². The highest BCUT2D eigenvalue weighted by atomic mass is 79.9. The van der Waals surface area contributed by atoms with Crippen LogP contribution in [0.2, 0.25) is 0 Å². The minimum atomic E-state index is -0.623. The number of rotatable bonds is 1. The first kappa shape index (κ1) is 18.5. The van der Waals surface area contributed by atoms with E-state index in [1.807, 2.05) is 0 Å². The van der Waals surface area contributed by atoms with Gasteiger partial charge in [0.2, 0.25) is 0 Å². The smallest absolute Gasteiger partial charge is 0.461 e. The Hall–Kier alpha value is -0.300. The van der Waals surface area contributed by atoms with Crippen LogP contribution in [-0.4, -0.2) is 31.9 Å². The lowest BCUT2D eigenvalue weighted by Gasteiger charge is -1.94. The summed E-state index contributed by atoms with van der Waals surface area (Å²) in [5.74, 6) is 0. The lowest BCUT2D eigenvalue weighted by Crippen LogP contribution is -2.02.